The summed E-state index contributed by atoms with van der Waals surface area (Å²) < 4.78 is 2.37. The van der Waals surface area contributed by atoms with Crippen molar-refractivity contribution in [1.82, 2.24) is 25.2 Å². The molecule has 8 nitrogen and oxygen atoms in total. The van der Waals surface area contributed by atoms with Gasteiger partial charge < -0.3 is 16.0 Å². The molecule has 0 atom stereocenters. The van der Waals surface area contributed by atoms with Crippen LogP contribution in [0.5, 0.6) is 0 Å². The molecule has 1 fully saturated rings. The molecule has 24 heavy (non-hydrogen) atoms. The second-order valence-corrected chi connectivity index (χ2v) is 7.33. The molecular formula is C14H17ClN6O2S. The van der Waals surface area contributed by atoms with Crippen LogP contribution in [0.3, 0.4) is 0 Å². The van der Waals surface area contributed by atoms with E-state index in [4.69, 9.17) is 17.3 Å². The number of carbonyl (C=O) groups excluding carboxylic acids is 2. The molecule has 3 heterocycles. The maximum absolute atomic E-state index is 12.2. The van der Waals surface area contributed by atoms with Gasteiger partial charge in [0.05, 0.1) is 23.1 Å². The van der Waals surface area contributed by atoms with Crippen LogP contribution in [0.15, 0.2) is 18.3 Å². The summed E-state index contributed by atoms with van der Waals surface area (Å²) in [6.07, 6.45) is 3.06. The summed E-state index contributed by atoms with van der Waals surface area (Å²) in [6, 6.07) is 3.75. The van der Waals surface area contributed by atoms with Crippen molar-refractivity contribution in [2.75, 3.05) is 13.1 Å². The van der Waals surface area contributed by atoms with Gasteiger partial charge in [0, 0.05) is 18.0 Å². The van der Waals surface area contributed by atoms with E-state index in [1.54, 1.807) is 15.8 Å². The normalized spacial score (nSPS) is 15.5. The minimum absolute atomic E-state index is 0.0885. The molecule has 0 saturated carbocycles. The second-order valence-electron chi connectivity index (χ2n) is 5.53. The number of thiophene rings is 1. The molecule has 0 bridgehead atoms. The average molecular weight is 369 g/mol. The zero-order chi connectivity index (χ0) is 17.1. The van der Waals surface area contributed by atoms with Crippen molar-refractivity contribution in [2.24, 2.45) is 5.73 Å². The lowest BCUT2D eigenvalue weighted by Gasteiger charge is -2.31. The lowest BCUT2D eigenvalue weighted by Crippen LogP contribution is -2.44. The molecule has 10 heteroatoms. The van der Waals surface area contributed by atoms with Crippen LogP contribution in [-0.4, -0.2) is 44.9 Å². The summed E-state index contributed by atoms with van der Waals surface area (Å²) in [4.78, 5) is 26.1. The Bertz CT molecular complexity index is 737. The smallest absolute Gasteiger partial charge is 0.317 e. The van der Waals surface area contributed by atoms with Gasteiger partial charge in [-0.25, -0.2) is 9.48 Å². The molecule has 0 unspecified atom stereocenters. The highest BCUT2D eigenvalue weighted by Gasteiger charge is 2.25. The van der Waals surface area contributed by atoms with Crippen LogP contribution in [0.25, 0.3) is 0 Å². The number of aromatic nitrogens is 3. The summed E-state index contributed by atoms with van der Waals surface area (Å²) in [5.41, 5.74) is 5.34. The molecule has 3 amide bonds. The minimum Gasteiger partial charge on any atom is -0.364 e. The van der Waals surface area contributed by atoms with E-state index in [0.717, 1.165) is 17.7 Å². The van der Waals surface area contributed by atoms with Crippen molar-refractivity contribution < 1.29 is 9.59 Å². The number of likely N-dealkylation sites (tertiary alicyclic amines) is 1. The van der Waals surface area contributed by atoms with Gasteiger partial charge in [0.25, 0.3) is 5.91 Å². The van der Waals surface area contributed by atoms with Crippen molar-refractivity contribution in [3.05, 3.63) is 33.2 Å². The van der Waals surface area contributed by atoms with E-state index in [1.807, 2.05) is 12.1 Å². The highest BCUT2D eigenvalue weighted by atomic mass is 35.5. The number of nitrogens with one attached hydrogen (secondary N) is 1. The minimum atomic E-state index is -0.591. The van der Waals surface area contributed by atoms with Crippen LogP contribution >= 0.6 is 22.9 Å². The van der Waals surface area contributed by atoms with E-state index < -0.39 is 5.91 Å². The van der Waals surface area contributed by atoms with Gasteiger partial charge in [-0.15, -0.1) is 16.4 Å². The number of nitrogens with zero attached hydrogens (tertiary/aromatic N) is 4. The van der Waals surface area contributed by atoms with Crippen molar-refractivity contribution in [3.8, 4) is 0 Å². The van der Waals surface area contributed by atoms with Crippen LogP contribution in [0, 0.1) is 0 Å². The maximum Gasteiger partial charge on any atom is 0.317 e. The summed E-state index contributed by atoms with van der Waals surface area (Å²) in [5, 5.41) is 10.6. The van der Waals surface area contributed by atoms with Crippen LogP contribution < -0.4 is 11.1 Å². The largest absolute Gasteiger partial charge is 0.364 e. The number of rotatable bonds is 4. The zero-order valence-electron chi connectivity index (χ0n) is 12.8. The summed E-state index contributed by atoms with van der Waals surface area (Å²) >= 11 is 7.33. The first-order chi connectivity index (χ1) is 11.5. The number of halogens is 1. The SMILES string of the molecule is NC(=O)c1cn(C2CCN(C(=O)NCc3ccc(Cl)s3)CC2)nn1. The molecule has 0 spiro atoms. The van der Waals surface area contributed by atoms with Crippen molar-refractivity contribution in [1.29, 1.82) is 0 Å². The van der Waals surface area contributed by atoms with Crippen LogP contribution in [0.1, 0.15) is 34.2 Å². The topological polar surface area (TPSA) is 106 Å². The molecule has 3 rings (SSSR count). The molecule has 3 N–H and O–H groups in total. The number of amides is 3. The summed E-state index contributed by atoms with van der Waals surface area (Å²) in [6.45, 7) is 1.71. The van der Waals surface area contributed by atoms with Gasteiger partial charge in [-0.3, -0.25) is 4.79 Å². The molecule has 0 radical (unpaired) electrons. The number of nitrogens with two attached hydrogens (primary N) is 1. The number of urea groups is 1. The molecule has 0 aromatic carbocycles. The highest BCUT2D eigenvalue weighted by Crippen LogP contribution is 2.23. The van der Waals surface area contributed by atoms with E-state index in [-0.39, 0.29) is 17.8 Å². The highest BCUT2D eigenvalue weighted by molar-refractivity contribution is 7.16. The van der Waals surface area contributed by atoms with Crippen molar-refractivity contribution in [2.45, 2.75) is 25.4 Å². The number of hydrogen-bond donors (Lipinski definition) is 2. The molecule has 1 aliphatic heterocycles. The Morgan fingerprint density at radius 2 is 2.12 bits per heavy atom. The van der Waals surface area contributed by atoms with Gasteiger partial charge >= 0.3 is 6.03 Å². The zero-order valence-corrected chi connectivity index (χ0v) is 14.4. The maximum atomic E-state index is 12.2. The predicted molar refractivity (Wildman–Crippen MR) is 89.9 cm³/mol. The average Bonchev–Trinajstić information content (AvgIpc) is 3.22. The monoisotopic (exact) mass is 368 g/mol. The fourth-order valence-electron chi connectivity index (χ4n) is 2.62. The number of piperidine rings is 1. The van der Waals surface area contributed by atoms with Crippen molar-refractivity contribution in [3.63, 3.8) is 0 Å². The molecule has 2 aromatic heterocycles. The molecule has 0 aliphatic carbocycles. The molecule has 1 aliphatic rings. The Morgan fingerprint density at radius 1 is 1.38 bits per heavy atom. The predicted octanol–water partition coefficient (Wildman–Crippen LogP) is 1.64. The fourth-order valence-corrected chi connectivity index (χ4v) is 3.65. The first kappa shape index (κ1) is 16.7. The Labute approximate surface area is 147 Å². The van der Waals surface area contributed by atoms with E-state index in [0.29, 0.717) is 24.0 Å². The van der Waals surface area contributed by atoms with Gasteiger partial charge in [-0.1, -0.05) is 16.8 Å². The van der Waals surface area contributed by atoms with Gasteiger partial charge in [0.1, 0.15) is 0 Å². The van der Waals surface area contributed by atoms with Crippen LogP contribution in [0.4, 0.5) is 4.79 Å². The molecule has 128 valence electrons. The number of hydrogen-bond acceptors (Lipinski definition) is 5. The quantitative estimate of drug-likeness (QED) is 0.855. The van der Waals surface area contributed by atoms with Gasteiger partial charge in [0.15, 0.2) is 5.69 Å². The number of primary amides is 1. The van der Waals surface area contributed by atoms with E-state index in [1.165, 1.54) is 11.3 Å². The Kier molecular flexibility index (Phi) is 5.00. The number of carbonyl (C=O) groups is 2. The lowest BCUT2D eigenvalue weighted by molar-refractivity contribution is 0.0995. The van der Waals surface area contributed by atoms with Gasteiger partial charge in [-0.05, 0) is 25.0 Å². The third-order valence-corrected chi connectivity index (χ3v) is 5.16. The van der Waals surface area contributed by atoms with Crippen LogP contribution in [0.2, 0.25) is 4.34 Å². The van der Waals surface area contributed by atoms with E-state index in [9.17, 15) is 9.59 Å². The Morgan fingerprint density at radius 3 is 2.71 bits per heavy atom. The molecular weight excluding hydrogens is 352 g/mol. The summed E-state index contributed by atoms with van der Waals surface area (Å²) in [5.74, 6) is -0.591. The third-order valence-electron chi connectivity index (χ3n) is 3.93. The lowest BCUT2D eigenvalue weighted by atomic mass is 10.1. The van der Waals surface area contributed by atoms with Crippen LogP contribution in [-0.2, 0) is 6.54 Å². The second kappa shape index (κ2) is 7.18. The van der Waals surface area contributed by atoms with Gasteiger partial charge in [-0.2, -0.15) is 0 Å². The Hall–Kier alpha value is -2.13. The van der Waals surface area contributed by atoms with E-state index >= 15 is 0 Å². The molecule has 2 aromatic rings. The Balaban J connectivity index is 1.48. The first-order valence-electron chi connectivity index (χ1n) is 7.51. The molecule has 1 saturated heterocycles. The summed E-state index contributed by atoms with van der Waals surface area (Å²) in [7, 11) is 0. The third kappa shape index (κ3) is 3.85. The standard InChI is InChI=1S/C14H17ClN6O2S/c15-12-2-1-10(24-12)7-17-14(23)20-5-3-9(4-6-20)21-8-11(13(16)22)18-19-21/h1-2,8-9H,3-7H2,(H2,16,22)(H,17,23). The van der Waals surface area contributed by atoms with E-state index in [2.05, 4.69) is 15.6 Å². The fraction of sp³-hybridized carbons (Fsp3) is 0.429. The van der Waals surface area contributed by atoms with Crippen molar-refractivity contribution >= 4 is 34.9 Å². The van der Waals surface area contributed by atoms with Gasteiger partial charge in [0.2, 0.25) is 0 Å². The first-order valence-corrected chi connectivity index (χ1v) is 8.71.